The fourth-order valence-corrected chi connectivity index (χ4v) is 2.03. The molecule has 3 nitrogen and oxygen atoms in total. The summed E-state index contributed by atoms with van der Waals surface area (Å²) in [5, 5.41) is 0.877. The predicted octanol–water partition coefficient (Wildman–Crippen LogP) is 3.11. The summed E-state index contributed by atoms with van der Waals surface area (Å²) in [6.45, 7) is 2.19. The molecule has 0 aliphatic rings. The summed E-state index contributed by atoms with van der Waals surface area (Å²) in [6, 6.07) is 4.92. The maximum absolute atomic E-state index is 13.4. The molecule has 5 heteroatoms. The third-order valence-corrected chi connectivity index (χ3v) is 3.03. The zero-order valence-corrected chi connectivity index (χ0v) is 10.8. The van der Waals surface area contributed by atoms with Gasteiger partial charge < -0.3 is 9.30 Å². The molecular weight excluding hydrogens is 289 g/mol. The van der Waals surface area contributed by atoms with Crippen LogP contribution in [-0.2, 0) is 16.1 Å². The number of carbonyl (C=O) groups is 1. The van der Waals surface area contributed by atoms with E-state index in [0.717, 1.165) is 5.39 Å². The van der Waals surface area contributed by atoms with Gasteiger partial charge in [-0.2, -0.15) is 0 Å². The van der Waals surface area contributed by atoms with Crippen molar-refractivity contribution in [2.24, 2.45) is 0 Å². The Kier molecular flexibility index (Phi) is 3.47. The van der Waals surface area contributed by atoms with Gasteiger partial charge in [0.1, 0.15) is 12.4 Å². The maximum Gasteiger partial charge on any atom is 0.325 e. The third-order valence-electron chi connectivity index (χ3n) is 2.42. The van der Waals surface area contributed by atoms with E-state index < -0.39 is 0 Å². The Morgan fingerprint density at radius 3 is 3.00 bits per heavy atom. The fourth-order valence-electron chi connectivity index (χ4n) is 1.67. The van der Waals surface area contributed by atoms with Crippen LogP contribution in [0.4, 0.5) is 4.39 Å². The fraction of sp³-hybridized carbons (Fsp3) is 0.250. The molecule has 0 saturated heterocycles. The van der Waals surface area contributed by atoms with Gasteiger partial charge in [-0.15, -0.1) is 0 Å². The SMILES string of the molecule is CCOC(=O)Cn1ccc2cc(Br)c(F)cc21. The van der Waals surface area contributed by atoms with E-state index in [1.54, 1.807) is 23.8 Å². The Bertz CT molecular complexity index is 565. The first kappa shape index (κ1) is 12.1. The van der Waals surface area contributed by atoms with Crippen LogP contribution >= 0.6 is 15.9 Å². The number of ether oxygens (including phenoxy) is 1. The third kappa shape index (κ3) is 2.49. The molecule has 0 spiro atoms. The average molecular weight is 300 g/mol. The molecule has 2 rings (SSSR count). The number of nitrogens with zero attached hydrogens (tertiary/aromatic N) is 1. The molecule has 1 heterocycles. The molecule has 0 N–H and O–H groups in total. The second-order valence-corrected chi connectivity index (χ2v) is 4.43. The molecule has 0 saturated carbocycles. The average Bonchev–Trinajstić information content (AvgIpc) is 2.63. The zero-order valence-electron chi connectivity index (χ0n) is 9.24. The number of rotatable bonds is 3. The van der Waals surface area contributed by atoms with Crippen molar-refractivity contribution >= 4 is 32.8 Å². The summed E-state index contributed by atoms with van der Waals surface area (Å²) in [5.74, 6) is -0.672. The highest BCUT2D eigenvalue weighted by Crippen LogP contribution is 2.24. The van der Waals surface area contributed by atoms with Crippen LogP contribution in [0.3, 0.4) is 0 Å². The molecule has 0 radical (unpaired) electrons. The predicted molar refractivity (Wildman–Crippen MR) is 66.2 cm³/mol. The summed E-state index contributed by atoms with van der Waals surface area (Å²) in [5.41, 5.74) is 0.679. The van der Waals surface area contributed by atoms with Gasteiger partial charge in [0.05, 0.1) is 16.6 Å². The summed E-state index contributed by atoms with van der Waals surface area (Å²) in [7, 11) is 0. The number of esters is 1. The molecule has 0 amide bonds. The minimum absolute atomic E-state index is 0.0956. The Morgan fingerprint density at radius 2 is 2.29 bits per heavy atom. The summed E-state index contributed by atoms with van der Waals surface area (Å²) in [6.07, 6.45) is 1.74. The van der Waals surface area contributed by atoms with Gasteiger partial charge in [-0.3, -0.25) is 4.79 Å². The lowest BCUT2D eigenvalue weighted by atomic mass is 10.2. The number of hydrogen-bond acceptors (Lipinski definition) is 2. The van der Waals surface area contributed by atoms with Crippen molar-refractivity contribution in [3.8, 4) is 0 Å². The van der Waals surface area contributed by atoms with Crippen LogP contribution in [0.25, 0.3) is 10.9 Å². The minimum atomic E-state index is -0.346. The first-order chi connectivity index (χ1) is 8.11. The van der Waals surface area contributed by atoms with Crippen LogP contribution < -0.4 is 0 Å². The van der Waals surface area contributed by atoms with E-state index in [2.05, 4.69) is 15.9 Å². The lowest BCUT2D eigenvalue weighted by Gasteiger charge is -2.05. The van der Waals surface area contributed by atoms with Gasteiger partial charge in [0, 0.05) is 11.6 Å². The zero-order chi connectivity index (χ0) is 12.4. The molecule has 1 aromatic heterocycles. The van der Waals surface area contributed by atoms with Crippen molar-refractivity contribution in [3.63, 3.8) is 0 Å². The molecule has 0 bridgehead atoms. The van der Waals surface area contributed by atoms with Crippen LogP contribution in [-0.4, -0.2) is 17.1 Å². The molecule has 2 aromatic rings. The number of aromatic nitrogens is 1. The van der Waals surface area contributed by atoms with Crippen LogP contribution in [0.1, 0.15) is 6.92 Å². The number of halogens is 2. The normalized spacial score (nSPS) is 10.8. The van der Waals surface area contributed by atoms with Gasteiger partial charge in [0.2, 0.25) is 0 Å². The Hall–Kier alpha value is -1.36. The van der Waals surface area contributed by atoms with E-state index in [4.69, 9.17) is 4.74 Å². The van der Waals surface area contributed by atoms with Crippen molar-refractivity contribution in [1.29, 1.82) is 0 Å². The van der Waals surface area contributed by atoms with Crippen molar-refractivity contribution in [1.82, 2.24) is 4.57 Å². The van der Waals surface area contributed by atoms with E-state index in [-0.39, 0.29) is 18.3 Å². The highest BCUT2D eigenvalue weighted by molar-refractivity contribution is 9.10. The lowest BCUT2D eigenvalue weighted by molar-refractivity contribution is -0.143. The van der Waals surface area contributed by atoms with Crippen molar-refractivity contribution in [2.75, 3.05) is 6.61 Å². The van der Waals surface area contributed by atoms with Crippen LogP contribution in [0.5, 0.6) is 0 Å². The monoisotopic (exact) mass is 299 g/mol. The molecule has 1 aromatic carbocycles. The molecule has 17 heavy (non-hydrogen) atoms. The van der Waals surface area contributed by atoms with Crippen molar-refractivity contribution in [3.05, 3.63) is 34.7 Å². The van der Waals surface area contributed by atoms with Gasteiger partial charge in [0.15, 0.2) is 0 Å². The van der Waals surface area contributed by atoms with Gasteiger partial charge in [0.25, 0.3) is 0 Å². The molecular formula is C12H11BrFNO2. The quantitative estimate of drug-likeness (QED) is 0.816. The molecule has 90 valence electrons. The number of carbonyl (C=O) groups excluding carboxylic acids is 1. The second kappa shape index (κ2) is 4.87. The minimum Gasteiger partial charge on any atom is -0.465 e. The number of hydrogen-bond donors (Lipinski definition) is 0. The summed E-state index contributed by atoms with van der Waals surface area (Å²) >= 11 is 3.13. The van der Waals surface area contributed by atoms with Crippen LogP contribution in [0.15, 0.2) is 28.9 Å². The first-order valence-corrected chi connectivity index (χ1v) is 6.00. The molecule has 0 fully saturated rings. The highest BCUT2D eigenvalue weighted by Gasteiger charge is 2.09. The van der Waals surface area contributed by atoms with E-state index in [9.17, 15) is 9.18 Å². The molecule has 0 unspecified atom stereocenters. The topological polar surface area (TPSA) is 31.2 Å². The largest absolute Gasteiger partial charge is 0.465 e. The smallest absolute Gasteiger partial charge is 0.325 e. The highest BCUT2D eigenvalue weighted by atomic mass is 79.9. The molecule has 0 aliphatic carbocycles. The van der Waals surface area contributed by atoms with Gasteiger partial charge in [-0.25, -0.2) is 4.39 Å². The summed E-state index contributed by atoms with van der Waals surface area (Å²) < 4.78 is 20.4. The molecule has 0 atom stereocenters. The van der Waals surface area contributed by atoms with E-state index in [1.165, 1.54) is 6.07 Å². The Morgan fingerprint density at radius 1 is 1.53 bits per heavy atom. The van der Waals surface area contributed by atoms with E-state index >= 15 is 0 Å². The van der Waals surface area contributed by atoms with Gasteiger partial charge >= 0.3 is 5.97 Å². The van der Waals surface area contributed by atoms with E-state index in [0.29, 0.717) is 16.6 Å². The van der Waals surface area contributed by atoms with Crippen LogP contribution in [0.2, 0.25) is 0 Å². The summed E-state index contributed by atoms with van der Waals surface area (Å²) in [4.78, 5) is 11.4. The Labute approximate surface area is 106 Å². The van der Waals surface area contributed by atoms with Gasteiger partial charge in [-0.05, 0) is 41.1 Å². The standard InChI is InChI=1S/C12H11BrFNO2/c1-2-17-12(16)7-15-4-3-8-5-9(13)10(14)6-11(8)15/h3-6H,2,7H2,1H3. The van der Waals surface area contributed by atoms with Crippen molar-refractivity contribution in [2.45, 2.75) is 13.5 Å². The number of benzene rings is 1. The Balaban J connectivity index is 2.36. The van der Waals surface area contributed by atoms with Crippen molar-refractivity contribution < 1.29 is 13.9 Å². The lowest BCUT2D eigenvalue weighted by Crippen LogP contribution is -2.12. The number of fused-ring (bicyclic) bond motifs is 1. The van der Waals surface area contributed by atoms with Crippen LogP contribution in [0, 0.1) is 5.82 Å². The first-order valence-electron chi connectivity index (χ1n) is 5.21. The second-order valence-electron chi connectivity index (χ2n) is 3.57. The van der Waals surface area contributed by atoms with E-state index in [1.807, 2.05) is 6.07 Å². The molecule has 0 aliphatic heterocycles. The maximum atomic E-state index is 13.4. The van der Waals surface area contributed by atoms with Gasteiger partial charge in [-0.1, -0.05) is 0 Å².